The summed E-state index contributed by atoms with van der Waals surface area (Å²) in [5.74, 6) is 0.814. The average molecular weight is 492 g/mol. The van der Waals surface area contributed by atoms with Gasteiger partial charge in [0.2, 0.25) is 0 Å². The number of nitrogens with zero attached hydrogens (tertiary/aromatic N) is 1. The van der Waals surface area contributed by atoms with E-state index in [1.54, 1.807) is 49.7 Å². The van der Waals surface area contributed by atoms with E-state index >= 15 is 0 Å². The van der Waals surface area contributed by atoms with Crippen molar-refractivity contribution in [3.05, 3.63) is 83.8 Å². The van der Waals surface area contributed by atoms with Crippen LogP contribution in [0.5, 0.6) is 23.0 Å². The number of hydrogen-bond donors (Lipinski definition) is 2. The van der Waals surface area contributed by atoms with Crippen molar-refractivity contribution >= 4 is 39.8 Å². The van der Waals surface area contributed by atoms with Gasteiger partial charge in [-0.1, -0.05) is 18.2 Å². The summed E-state index contributed by atoms with van der Waals surface area (Å²) >= 11 is 5.18. The van der Waals surface area contributed by atoms with Crippen molar-refractivity contribution in [1.29, 1.82) is 0 Å². The highest BCUT2D eigenvalue weighted by Crippen LogP contribution is 2.37. The normalized spacial score (nSPS) is 10.5. The van der Waals surface area contributed by atoms with Gasteiger partial charge in [0, 0.05) is 29.3 Å². The summed E-state index contributed by atoms with van der Waals surface area (Å²) in [7, 11) is 3.08. The number of carbonyl (C=O) groups is 1. The highest BCUT2D eigenvalue weighted by molar-refractivity contribution is 7.80. The lowest BCUT2D eigenvalue weighted by molar-refractivity contribution is 0.0977. The number of rotatable bonds is 6. The van der Waals surface area contributed by atoms with Crippen molar-refractivity contribution in [2.24, 2.45) is 0 Å². The fourth-order valence-corrected chi connectivity index (χ4v) is 3.68. The molecule has 0 spiro atoms. The Kier molecular flexibility index (Phi) is 7.07. The second-order valence-electron chi connectivity index (χ2n) is 7.50. The first-order valence-electron chi connectivity index (χ1n) is 10.6. The number of methoxy groups -OCH3 is 2. The predicted molar refractivity (Wildman–Crippen MR) is 136 cm³/mol. The highest BCUT2D eigenvalue weighted by Gasteiger charge is 2.14. The predicted octanol–water partition coefficient (Wildman–Crippen LogP) is 5.62. The smallest absolute Gasteiger partial charge is 0.257 e. The minimum atomic E-state index is -0.604. The standard InChI is InChI=1S/C26H22FN3O4S/c1-15-6-4-5-7-17(15)25(31)30-26(35)29-20-9-8-16(12-19(20)27)34-22-10-11-28-21-14-24(33-3)23(32-2)13-18(21)22/h4-14H,1-3H3,(H2,29,30,31,35). The molecule has 0 bridgehead atoms. The number of fused-ring (bicyclic) bond motifs is 1. The van der Waals surface area contributed by atoms with Gasteiger partial charge in [0.1, 0.15) is 17.3 Å². The molecule has 35 heavy (non-hydrogen) atoms. The molecule has 1 heterocycles. The summed E-state index contributed by atoms with van der Waals surface area (Å²) in [6, 6.07) is 16.6. The Hall–Kier alpha value is -4.24. The van der Waals surface area contributed by atoms with Crippen LogP contribution in [0.25, 0.3) is 10.9 Å². The molecule has 0 aliphatic heterocycles. The summed E-state index contributed by atoms with van der Waals surface area (Å²) in [6.07, 6.45) is 1.59. The van der Waals surface area contributed by atoms with E-state index in [1.165, 1.54) is 19.2 Å². The zero-order chi connectivity index (χ0) is 24.9. The first-order valence-corrected chi connectivity index (χ1v) is 11.0. The molecule has 2 N–H and O–H groups in total. The van der Waals surface area contributed by atoms with Crippen molar-refractivity contribution in [1.82, 2.24) is 10.3 Å². The van der Waals surface area contributed by atoms with E-state index in [2.05, 4.69) is 15.6 Å². The van der Waals surface area contributed by atoms with Crippen LogP contribution in [-0.4, -0.2) is 30.2 Å². The zero-order valence-electron chi connectivity index (χ0n) is 19.2. The molecule has 3 aromatic carbocycles. The Labute approximate surface area is 206 Å². The number of benzene rings is 3. The highest BCUT2D eigenvalue weighted by atomic mass is 32.1. The van der Waals surface area contributed by atoms with Crippen molar-refractivity contribution in [2.75, 3.05) is 19.5 Å². The van der Waals surface area contributed by atoms with Crippen molar-refractivity contribution in [2.45, 2.75) is 6.92 Å². The van der Waals surface area contributed by atoms with Crippen LogP contribution in [0.4, 0.5) is 10.1 Å². The fraction of sp³-hybridized carbons (Fsp3) is 0.115. The number of ether oxygens (including phenoxy) is 3. The Morgan fingerprint density at radius 1 is 0.971 bits per heavy atom. The van der Waals surface area contributed by atoms with Crippen molar-refractivity contribution < 1.29 is 23.4 Å². The van der Waals surface area contributed by atoms with Gasteiger partial charge in [-0.2, -0.15) is 0 Å². The lowest BCUT2D eigenvalue weighted by Gasteiger charge is -2.14. The van der Waals surface area contributed by atoms with E-state index in [1.807, 2.05) is 19.1 Å². The molecule has 178 valence electrons. The summed E-state index contributed by atoms with van der Waals surface area (Å²) in [4.78, 5) is 16.8. The third-order valence-electron chi connectivity index (χ3n) is 5.24. The second kappa shape index (κ2) is 10.4. The number of aryl methyl sites for hydroxylation is 1. The van der Waals surface area contributed by atoms with Crippen LogP contribution in [0.2, 0.25) is 0 Å². The van der Waals surface area contributed by atoms with Gasteiger partial charge in [0.25, 0.3) is 5.91 Å². The summed E-state index contributed by atoms with van der Waals surface area (Å²) in [6.45, 7) is 1.82. The van der Waals surface area contributed by atoms with Crippen LogP contribution in [0.15, 0.2) is 66.9 Å². The summed E-state index contributed by atoms with van der Waals surface area (Å²) in [5, 5.41) is 5.92. The third kappa shape index (κ3) is 5.30. The van der Waals surface area contributed by atoms with Crippen molar-refractivity contribution in [3.8, 4) is 23.0 Å². The van der Waals surface area contributed by atoms with E-state index in [0.29, 0.717) is 33.7 Å². The Morgan fingerprint density at radius 3 is 2.43 bits per heavy atom. The molecule has 4 rings (SSSR count). The number of halogens is 1. The first kappa shape index (κ1) is 23.9. The molecule has 0 atom stereocenters. The fourth-order valence-electron chi connectivity index (χ4n) is 3.48. The maximum atomic E-state index is 14.8. The van der Waals surface area contributed by atoms with E-state index in [0.717, 1.165) is 5.56 Å². The van der Waals surface area contributed by atoms with Crippen LogP contribution in [-0.2, 0) is 0 Å². The molecule has 0 aliphatic rings. The van der Waals surface area contributed by atoms with Crippen LogP contribution in [0.3, 0.4) is 0 Å². The van der Waals surface area contributed by atoms with Gasteiger partial charge in [0.15, 0.2) is 16.6 Å². The molecule has 1 aromatic heterocycles. The third-order valence-corrected chi connectivity index (χ3v) is 5.44. The molecule has 0 unspecified atom stereocenters. The van der Waals surface area contributed by atoms with Crippen molar-refractivity contribution in [3.63, 3.8) is 0 Å². The molecule has 4 aromatic rings. The number of amides is 1. The van der Waals surface area contributed by atoms with Crippen LogP contribution < -0.4 is 24.8 Å². The zero-order valence-corrected chi connectivity index (χ0v) is 20.0. The average Bonchev–Trinajstić information content (AvgIpc) is 2.85. The molecule has 0 aliphatic carbocycles. The SMILES string of the molecule is COc1cc2nccc(Oc3ccc(NC(=S)NC(=O)c4ccccc4C)c(F)c3)c2cc1OC. The van der Waals surface area contributed by atoms with Gasteiger partial charge >= 0.3 is 0 Å². The molecular formula is C26H22FN3O4S. The number of anilines is 1. The molecule has 7 nitrogen and oxygen atoms in total. The van der Waals surface area contributed by atoms with Gasteiger partial charge in [-0.3, -0.25) is 15.1 Å². The second-order valence-corrected chi connectivity index (χ2v) is 7.91. The van der Waals surface area contributed by atoms with Crippen LogP contribution >= 0.6 is 12.2 Å². The number of nitrogens with one attached hydrogen (secondary N) is 2. The molecule has 1 amide bonds. The molecule has 9 heteroatoms. The molecule has 0 radical (unpaired) electrons. The summed E-state index contributed by atoms with van der Waals surface area (Å²) in [5.41, 5.74) is 2.02. The molecular weight excluding hydrogens is 469 g/mol. The lowest BCUT2D eigenvalue weighted by Crippen LogP contribution is -2.34. The maximum Gasteiger partial charge on any atom is 0.257 e. The van der Waals surface area contributed by atoms with Gasteiger partial charge < -0.3 is 19.5 Å². The van der Waals surface area contributed by atoms with Gasteiger partial charge in [-0.05, 0) is 55.0 Å². The van der Waals surface area contributed by atoms with Crippen LogP contribution in [0, 0.1) is 12.7 Å². The number of pyridine rings is 1. The Balaban J connectivity index is 1.50. The maximum absolute atomic E-state index is 14.8. The monoisotopic (exact) mass is 491 g/mol. The number of hydrogen-bond acceptors (Lipinski definition) is 6. The molecule has 0 fully saturated rings. The first-order chi connectivity index (χ1) is 16.9. The minimum Gasteiger partial charge on any atom is -0.493 e. The van der Waals surface area contributed by atoms with E-state index < -0.39 is 5.82 Å². The minimum absolute atomic E-state index is 0.0213. The molecule has 0 saturated heterocycles. The quantitative estimate of drug-likeness (QED) is 0.339. The number of thiocarbonyl (C=S) groups is 1. The van der Waals surface area contributed by atoms with Gasteiger partial charge in [-0.25, -0.2) is 4.39 Å². The van der Waals surface area contributed by atoms with E-state index in [9.17, 15) is 9.18 Å². The van der Waals surface area contributed by atoms with E-state index in [-0.39, 0.29) is 22.5 Å². The van der Waals surface area contributed by atoms with Gasteiger partial charge in [0.05, 0.1) is 25.4 Å². The number of carbonyl (C=O) groups excluding carboxylic acids is 1. The Bertz CT molecular complexity index is 1430. The van der Waals surface area contributed by atoms with E-state index in [4.69, 9.17) is 26.4 Å². The molecule has 0 saturated carbocycles. The lowest BCUT2D eigenvalue weighted by atomic mass is 10.1. The van der Waals surface area contributed by atoms with Crippen LogP contribution in [0.1, 0.15) is 15.9 Å². The number of aromatic nitrogens is 1. The largest absolute Gasteiger partial charge is 0.493 e. The van der Waals surface area contributed by atoms with Gasteiger partial charge in [-0.15, -0.1) is 0 Å². The Morgan fingerprint density at radius 2 is 1.71 bits per heavy atom. The topological polar surface area (TPSA) is 81.7 Å². The summed E-state index contributed by atoms with van der Waals surface area (Å²) < 4.78 is 31.4.